The fraction of sp³-hybridized carbons (Fsp3) is 0.250. The fourth-order valence-electron chi connectivity index (χ4n) is 1.10. The van der Waals surface area contributed by atoms with Gasteiger partial charge in [0.15, 0.2) is 0 Å². The van der Waals surface area contributed by atoms with Crippen LogP contribution in [0.15, 0.2) is 18.2 Å². The quantitative estimate of drug-likeness (QED) is 0.471. The van der Waals surface area contributed by atoms with Gasteiger partial charge >= 0.3 is 12.5 Å². The number of hydrogen-bond donors (Lipinski definition) is 0. The smallest absolute Gasteiger partial charge is 0.406 e. The fourth-order valence-corrected chi connectivity index (χ4v) is 1.10. The van der Waals surface area contributed by atoms with Crippen LogP contribution >= 0.6 is 0 Å². The molecule has 1 aromatic carbocycles. The Balaban J connectivity index is 3.24. The number of nitro groups is 1. The molecule has 0 atom stereocenters. The van der Waals surface area contributed by atoms with E-state index in [2.05, 4.69) is 4.74 Å². The van der Waals surface area contributed by atoms with E-state index in [1.165, 1.54) is 0 Å². The Labute approximate surface area is 94.9 Å². The second kappa shape index (κ2) is 4.35. The monoisotopic (exact) mass is 275 g/mol. The summed E-state index contributed by atoms with van der Waals surface area (Å²) in [4.78, 5) is 8.92. The van der Waals surface area contributed by atoms with Crippen LogP contribution in [0.1, 0.15) is 5.56 Å². The van der Waals surface area contributed by atoms with Gasteiger partial charge < -0.3 is 4.74 Å². The van der Waals surface area contributed by atoms with E-state index in [4.69, 9.17) is 0 Å². The number of benzene rings is 1. The van der Waals surface area contributed by atoms with E-state index in [-0.39, 0.29) is 12.1 Å². The van der Waals surface area contributed by atoms with Gasteiger partial charge in [-0.15, -0.1) is 13.2 Å². The van der Waals surface area contributed by atoms with E-state index in [0.29, 0.717) is 6.07 Å². The third-order valence-electron chi connectivity index (χ3n) is 1.70. The van der Waals surface area contributed by atoms with Crippen LogP contribution in [0, 0.1) is 10.1 Å². The molecule has 0 amide bonds. The highest BCUT2D eigenvalue weighted by molar-refractivity contribution is 5.47. The molecular weight excluding hydrogens is 272 g/mol. The summed E-state index contributed by atoms with van der Waals surface area (Å²) < 4.78 is 75.6. The van der Waals surface area contributed by atoms with Crippen molar-refractivity contribution in [2.75, 3.05) is 0 Å². The third kappa shape index (κ3) is 3.50. The van der Waals surface area contributed by atoms with E-state index >= 15 is 0 Å². The largest absolute Gasteiger partial charge is 0.573 e. The Kier molecular flexibility index (Phi) is 3.40. The topological polar surface area (TPSA) is 52.4 Å². The van der Waals surface area contributed by atoms with Crippen molar-refractivity contribution in [3.8, 4) is 5.75 Å². The molecule has 0 spiro atoms. The van der Waals surface area contributed by atoms with Crippen LogP contribution < -0.4 is 4.74 Å². The highest BCUT2D eigenvalue weighted by Gasteiger charge is 2.39. The second-order valence-electron chi connectivity index (χ2n) is 2.98. The highest BCUT2D eigenvalue weighted by atomic mass is 19.4. The van der Waals surface area contributed by atoms with Crippen molar-refractivity contribution in [3.05, 3.63) is 33.9 Å². The number of nitro benzene ring substituents is 1. The molecule has 0 aromatic heterocycles. The summed E-state index contributed by atoms with van der Waals surface area (Å²) in [6.45, 7) is 0. The van der Waals surface area contributed by atoms with Gasteiger partial charge in [0, 0.05) is 0 Å². The number of ether oxygens (including phenoxy) is 1. The van der Waals surface area contributed by atoms with Crippen molar-refractivity contribution in [1.82, 2.24) is 0 Å². The van der Waals surface area contributed by atoms with Crippen LogP contribution in [0.4, 0.5) is 32.0 Å². The van der Waals surface area contributed by atoms with Gasteiger partial charge in [-0.3, -0.25) is 10.1 Å². The molecule has 0 unspecified atom stereocenters. The van der Waals surface area contributed by atoms with Crippen molar-refractivity contribution in [2.45, 2.75) is 12.5 Å². The summed E-state index contributed by atoms with van der Waals surface area (Å²) in [5.74, 6) is -1.10. The van der Waals surface area contributed by atoms with E-state index < -0.39 is 34.5 Å². The Morgan fingerprint density at radius 1 is 1.11 bits per heavy atom. The highest BCUT2D eigenvalue weighted by Crippen LogP contribution is 2.38. The Morgan fingerprint density at radius 3 is 2.06 bits per heavy atom. The molecule has 1 aromatic rings. The summed E-state index contributed by atoms with van der Waals surface area (Å²) >= 11 is 0. The number of rotatable bonds is 2. The average Bonchev–Trinajstić information content (AvgIpc) is 2.12. The maximum absolute atomic E-state index is 12.3. The Hall–Kier alpha value is -2.00. The van der Waals surface area contributed by atoms with Gasteiger partial charge in [-0.05, 0) is 12.1 Å². The van der Waals surface area contributed by atoms with Crippen LogP contribution in [0.2, 0.25) is 0 Å². The first-order chi connectivity index (χ1) is 8.00. The van der Waals surface area contributed by atoms with Crippen molar-refractivity contribution in [1.29, 1.82) is 0 Å². The molecule has 0 saturated heterocycles. The van der Waals surface area contributed by atoms with E-state index in [1.807, 2.05) is 0 Å². The van der Waals surface area contributed by atoms with Crippen LogP contribution in [0.5, 0.6) is 5.75 Å². The minimum absolute atomic E-state index is 0.0658. The SMILES string of the molecule is O=[N+]([O-])c1cc(OC(F)(F)F)ccc1C(F)(F)F. The van der Waals surface area contributed by atoms with Gasteiger partial charge in [0.1, 0.15) is 11.3 Å². The molecule has 0 aliphatic rings. The van der Waals surface area contributed by atoms with Gasteiger partial charge in [0.05, 0.1) is 11.0 Å². The van der Waals surface area contributed by atoms with E-state index in [0.717, 1.165) is 0 Å². The molecule has 0 heterocycles. The molecule has 100 valence electrons. The first-order valence-corrected chi connectivity index (χ1v) is 4.12. The zero-order chi connectivity index (χ0) is 14.1. The summed E-state index contributed by atoms with van der Waals surface area (Å²) in [5, 5.41) is 10.4. The summed E-state index contributed by atoms with van der Waals surface area (Å²) in [6, 6.07) is 0.568. The minimum atomic E-state index is -5.15. The van der Waals surface area contributed by atoms with Gasteiger partial charge in [0.25, 0.3) is 5.69 Å². The number of hydrogen-bond acceptors (Lipinski definition) is 3. The molecule has 0 saturated carbocycles. The molecule has 0 bridgehead atoms. The van der Waals surface area contributed by atoms with Crippen LogP contribution in [0.25, 0.3) is 0 Å². The minimum Gasteiger partial charge on any atom is -0.406 e. The predicted molar refractivity (Wildman–Crippen MR) is 44.8 cm³/mol. The lowest BCUT2D eigenvalue weighted by Gasteiger charge is -2.11. The zero-order valence-electron chi connectivity index (χ0n) is 8.17. The van der Waals surface area contributed by atoms with E-state index in [1.54, 1.807) is 0 Å². The van der Waals surface area contributed by atoms with Crippen molar-refractivity contribution in [2.24, 2.45) is 0 Å². The normalized spacial score (nSPS) is 12.3. The molecular formula is C8H3F6NO3. The Morgan fingerprint density at radius 2 is 1.67 bits per heavy atom. The van der Waals surface area contributed by atoms with Crippen molar-refractivity contribution >= 4 is 5.69 Å². The maximum atomic E-state index is 12.3. The van der Waals surface area contributed by atoms with Gasteiger partial charge in [0.2, 0.25) is 0 Å². The molecule has 18 heavy (non-hydrogen) atoms. The number of nitrogens with zero attached hydrogens (tertiary/aromatic N) is 1. The lowest BCUT2D eigenvalue weighted by molar-refractivity contribution is -0.388. The summed E-state index contributed by atoms with van der Waals surface area (Å²) in [7, 11) is 0. The number of alkyl halides is 6. The third-order valence-corrected chi connectivity index (χ3v) is 1.70. The summed E-state index contributed by atoms with van der Waals surface area (Å²) in [5.41, 5.74) is -3.16. The van der Waals surface area contributed by atoms with Crippen molar-refractivity contribution in [3.63, 3.8) is 0 Å². The zero-order valence-corrected chi connectivity index (χ0v) is 8.17. The first-order valence-electron chi connectivity index (χ1n) is 4.12. The molecule has 0 N–H and O–H groups in total. The second-order valence-corrected chi connectivity index (χ2v) is 2.98. The molecule has 0 radical (unpaired) electrons. The van der Waals surface area contributed by atoms with Crippen LogP contribution in [-0.2, 0) is 6.18 Å². The van der Waals surface area contributed by atoms with Crippen LogP contribution in [-0.4, -0.2) is 11.3 Å². The average molecular weight is 275 g/mol. The predicted octanol–water partition coefficient (Wildman–Crippen LogP) is 3.51. The lowest BCUT2D eigenvalue weighted by atomic mass is 10.1. The van der Waals surface area contributed by atoms with Gasteiger partial charge in [-0.25, -0.2) is 0 Å². The van der Waals surface area contributed by atoms with Gasteiger partial charge in [-0.1, -0.05) is 0 Å². The molecule has 10 heteroatoms. The van der Waals surface area contributed by atoms with Crippen molar-refractivity contribution < 1.29 is 36.0 Å². The lowest BCUT2D eigenvalue weighted by Crippen LogP contribution is -2.17. The standard InChI is InChI=1S/C8H3F6NO3/c9-7(10,11)5-2-1-4(18-8(12,13)14)3-6(5)15(16)17/h1-3H. The van der Waals surface area contributed by atoms with Crippen LogP contribution in [0.3, 0.4) is 0 Å². The number of halogens is 6. The van der Waals surface area contributed by atoms with E-state index in [9.17, 15) is 36.5 Å². The molecule has 4 nitrogen and oxygen atoms in total. The molecule has 1 rings (SSSR count). The molecule has 0 aliphatic carbocycles. The Bertz CT molecular complexity index is 467. The maximum Gasteiger partial charge on any atom is 0.573 e. The molecule has 0 aliphatic heterocycles. The summed E-state index contributed by atoms with van der Waals surface area (Å²) in [6.07, 6.45) is -10.2. The molecule has 0 fully saturated rings. The first kappa shape index (κ1) is 14.1. The van der Waals surface area contributed by atoms with Gasteiger partial charge in [-0.2, -0.15) is 13.2 Å².